The Morgan fingerprint density at radius 3 is 2.27 bits per heavy atom. The molecule has 1 N–H and O–H groups in total. The molecule has 0 fully saturated rings. The summed E-state index contributed by atoms with van der Waals surface area (Å²) in [6, 6.07) is 3.39. The molecule has 0 spiro atoms. The Labute approximate surface area is 65.6 Å². The van der Waals surface area contributed by atoms with Crippen molar-refractivity contribution >= 4 is 0 Å². The Morgan fingerprint density at radius 1 is 1.45 bits per heavy atom. The van der Waals surface area contributed by atoms with Crippen molar-refractivity contribution in [2.75, 3.05) is 13.2 Å². The second kappa shape index (κ2) is 4.68. The van der Waals surface area contributed by atoms with Gasteiger partial charge in [-0.05, 0) is 6.92 Å². The van der Waals surface area contributed by atoms with Crippen molar-refractivity contribution in [3.8, 4) is 12.1 Å². The van der Waals surface area contributed by atoms with Crippen LogP contribution in [-0.2, 0) is 4.74 Å². The molecule has 0 aliphatic rings. The predicted molar refractivity (Wildman–Crippen MR) is 37.0 cm³/mol. The zero-order chi connectivity index (χ0) is 8.74. The van der Waals surface area contributed by atoms with Gasteiger partial charge in [0.05, 0.1) is 13.2 Å². The molecule has 0 atom stereocenters. The van der Waals surface area contributed by atoms with Crippen LogP contribution < -0.4 is 0 Å². The number of nitriles is 2. The van der Waals surface area contributed by atoms with Gasteiger partial charge in [0.1, 0.15) is 12.1 Å². The van der Waals surface area contributed by atoms with Gasteiger partial charge in [-0.15, -0.1) is 0 Å². The lowest BCUT2D eigenvalue weighted by atomic mass is 10.1. The number of hydrogen-bond donors (Lipinski definition) is 1. The topological polar surface area (TPSA) is 77.0 Å². The molecule has 4 nitrogen and oxygen atoms in total. The molecule has 0 saturated carbocycles. The summed E-state index contributed by atoms with van der Waals surface area (Å²) in [5.41, 5.74) is -1.48. The molecule has 11 heavy (non-hydrogen) atoms. The van der Waals surface area contributed by atoms with Crippen LogP contribution in [0.1, 0.15) is 6.42 Å². The first kappa shape index (κ1) is 9.90. The van der Waals surface area contributed by atoms with E-state index < -0.39 is 5.60 Å². The molecule has 4 heteroatoms. The van der Waals surface area contributed by atoms with Gasteiger partial charge >= 0.3 is 0 Å². The predicted octanol–water partition coefficient (Wildman–Crippen LogP) is 0.00545. The Balaban J connectivity index is 4.12. The van der Waals surface area contributed by atoms with Crippen molar-refractivity contribution in [3.63, 3.8) is 0 Å². The zero-order valence-electron chi connectivity index (χ0n) is 6.08. The van der Waals surface area contributed by atoms with Crippen LogP contribution in [-0.4, -0.2) is 23.9 Å². The summed E-state index contributed by atoms with van der Waals surface area (Å²) in [6.07, 6.45) is 0.0556. The van der Waals surface area contributed by atoms with Gasteiger partial charge in [-0.2, -0.15) is 10.5 Å². The second-order valence-corrected chi connectivity index (χ2v) is 1.87. The smallest absolute Gasteiger partial charge is 0.241 e. The minimum absolute atomic E-state index is 0.0172. The SMILES string of the molecule is [CH2]CC(C#N)(C#N)OCCO. The summed E-state index contributed by atoms with van der Waals surface area (Å²) in [6.45, 7) is 3.18. The van der Waals surface area contributed by atoms with Gasteiger partial charge in [0.2, 0.25) is 5.60 Å². The van der Waals surface area contributed by atoms with E-state index in [0.29, 0.717) is 0 Å². The fourth-order valence-electron chi connectivity index (χ4n) is 0.493. The van der Waals surface area contributed by atoms with Crippen LogP contribution in [0.4, 0.5) is 0 Å². The quantitative estimate of drug-likeness (QED) is 0.617. The van der Waals surface area contributed by atoms with E-state index in [0.717, 1.165) is 0 Å². The van der Waals surface area contributed by atoms with Crippen LogP contribution in [0.25, 0.3) is 0 Å². The van der Waals surface area contributed by atoms with E-state index in [9.17, 15) is 0 Å². The van der Waals surface area contributed by atoms with Gasteiger partial charge in [0.25, 0.3) is 0 Å². The third-order valence-corrected chi connectivity index (χ3v) is 1.15. The summed E-state index contributed by atoms with van der Waals surface area (Å²) in [7, 11) is 0. The molecule has 59 valence electrons. The van der Waals surface area contributed by atoms with E-state index in [2.05, 4.69) is 6.92 Å². The number of aliphatic hydroxyl groups excluding tert-OH is 1. The fourth-order valence-corrected chi connectivity index (χ4v) is 0.493. The highest BCUT2D eigenvalue weighted by Gasteiger charge is 2.28. The molecular formula is C7H9N2O2. The van der Waals surface area contributed by atoms with E-state index in [-0.39, 0.29) is 19.6 Å². The van der Waals surface area contributed by atoms with Gasteiger partial charge < -0.3 is 9.84 Å². The maximum Gasteiger partial charge on any atom is 0.241 e. The molecule has 0 bridgehead atoms. The Bertz CT molecular complexity index is 176. The fraction of sp³-hybridized carbons (Fsp3) is 0.571. The lowest BCUT2D eigenvalue weighted by Crippen LogP contribution is -2.29. The minimum Gasteiger partial charge on any atom is -0.394 e. The lowest BCUT2D eigenvalue weighted by Gasteiger charge is -2.15. The zero-order valence-corrected chi connectivity index (χ0v) is 6.08. The first-order valence-electron chi connectivity index (χ1n) is 3.11. The molecule has 0 aromatic rings. The number of nitrogens with zero attached hydrogens (tertiary/aromatic N) is 2. The normalized spacial score (nSPS) is 10.2. The highest BCUT2D eigenvalue weighted by Crippen LogP contribution is 2.12. The summed E-state index contributed by atoms with van der Waals surface area (Å²) >= 11 is 0. The summed E-state index contributed by atoms with van der Waals surface area (Å²) in [4.78, 5) is 0. The molecule has 0 heterocycles. The van der Waals surface area contributed by atoms with E-state index in [1.54, 1.807) is 12.1 Å². The Kier molecular flexibility index (Phi) is 4.21. The molecule has 0 aliphatic carbocycles. The lowest BCUT2D eigenvalue weighted by molar-refractivity contribution is 0.0176. The van der Waals surface area contributed by atoms with Gasteiger partial charge in [0, 0.05) is 6.42 Å². The second-order valence-electron chi connectivity index (χ2n) is 1.87. The first-order valence-corrected chi connectivity index (χ1v) is 3.11. The van der Waals surface area contributed by atoms with Gasteiger partial charge in [-0.1, -0.05) is 0 Å². The Morgan fingerprint density at radius 2 is 2.00 bits per heavy atom. The molecular weight excluding hydrogens is 144 g/mol. The Hall–Kier alpha value is -1.10. The maximum atomic E-state index is 8.48. The van der Waals surface area contributed by atoms with Crippen molar-refractivity contribution in [1.29, 1.82) is 10.5 Å². The first-order chi connectivity index (χ1) is 5.24. The highest BCUT2D eigenvalue weighted by atomic mass is 16.5. The number of aliphatic hydroxyl groups is 1. The van der Waals surface area contributed by atoms with Crippen molar-refractivity contribution in [3.05, 3.63) is 6.92 Å². The molecule has 0 amide bonds. The van der Waals surface area contributed by atoms with Gasteiger partial charge in [-0.3, -0.25) is 0 Å². The van der Waals surface area contributed by atoms with Gasteiger partial charge in [-0.25, -0.2) is 0 Å². The number of ether oxygens (including phenoxy) is 1. The monoisotopic (exact) mass is 153 g/mol. The van der Waals surface area contributed by atoms with Crippen molar-refractivity contribution in [2.45, 2.75) is 12.0 Å². The summed E-state index contributed by atoms with van der Waals surface area (Å²) in [5.74, 6) is 0. The average molecular weight is 153 g/mol. The molecule has 0 rings (SSSR count). The average Bonchev–Trinajstić information content (AvgIpc) is 2.08. The number of rotatable bonds is 4. The molecule has 0 aromatic carbocycles. The third kappa shape index (κ3) is 2.55. The molecule has 0 aliphatic heterocycles. The van der Waals surface area contributed by atoms with Crippen LogP contribution in [0, 0.1) is 29.6 Å². The molecule has 0 aromatic heterocycles. The van der Waals surface area contributed by atoms with Crippen LogP contribution >= 0.6 is 0 Å². The van der Waals surface area contributed by atoms with Crippen LogP contribution in [0.2, 0.25) is 0 Å². The molecule has 1 radical (unpaired) electrons. The highest BCUT2D eigenvalue weighted by molar-refractivity contribution is 5.17. The molecule has 0 unspecified atom stereocenters. The van der Waals surface area contributed by atoms with Crippen LogP contribution in [0.15, 0.2) is 0 Å². The summed E-state index contributed by atoms with van der Waals surface area (Å²) < 4.78 is 4.79. The molecule has 0 saturated heterocycles. The van der Waals surface area contributed by atoms with Crippen molar-refractivity contribution < 1.29 is 9.84 Å². The van der Waals surface area contributed by atoms with Crippen molar-refractivity contribution in [1.82, 2.24) is 0 Å². The standard InChI is InChI=1S/C7H9N2O2/c1-2-7(5-8,6-9)11-4-3-10/h10H,1-4H2. The van der Waals surface area contributed by atoms with E-state index in [1.165, 1.54) is 0 Å². The van der Waals surface area contributed by atoms with E-state index >= 15 is 0 Å². The van der Waals surface area contributed by atoms with Crippen LogP contribution in [0.3, 0.4) is 0 Å². The third-order valence-electron chi connectivity index (χ3n) is 1.15. The van der Waals surface area contributed by atoms with Crippen LogP contribution in [0.5, 0.6) is 0 Å². The summed E-state index contributed by atoms with van der Waals surface area (Å²) in [5, 5.41) is 25.3. The maximum absolute atomic E-state index is 8.48. The van der Waals surface area contributed by atoms with Gasteiger partial charge in [0.15, 0.2) is 0 Å². The number of hydrogen-bond acceptors (Lipinski definition) is 4. The van der Waals surface area contributed by atoms with Crippen molar-refractivity contribution in [2.24, 2.45) is 0 Å². The minimum atomic E-state index is -1.48. The van der Waals surface area contributed by atoms with E-state index in [1.807, 2.05) is 0 Å². The largest absolute Gasteiger partial charge is 0.394 e. The van der Waals surface area contributed by atoms with E-state index in [4.69, 9.17) is 20.4 Å².